The van der Waals surface area contributed by atoms with E-state index in [0.717, 1.165) is 6.92 Å². The number of rotatable bonds is 5. The summed E-state index contributed by atoms with van der Waals surface area (Å²) in [5.41, 5.74) is -2.35. The number of alkyl halides is 2. The molecule has 1 rings (SSSR count). The summed E-state index contributed by atoms with van der Waals surface area (Å²) in [4.78, 5) is 22.6. The number of halogens is 2. The largest absolute Gasteiger partial charge is 0.477 e. The number of carboxylic acids is 1. The van der Waals surface area contributed by atoms with Crippen molar-refractivity contribution in [2.45, 2.75) is 32.3 Å². The van der Waals surface area contributed by atoms with Crippen molar-refractivity contribution in [3.63, 3.8) is 0 Å². The monoisotopic (exact) mass is 286 g/mol. The maximum atomic E-state index is 13.8. The number of benzene rings is 1. The standard InChI is InChI=1S/C14H16F2O4/c1-9(2)13(3,14(15,16)12(18)19)20-11(17)10-7-5-4-6-8-10/h4-9H,1-3H3,(H,18,19). The lowest BCUT2D eigenvalue weighted by Crippen LogP contribution is -2.57. The fourth-order valence-electron chi connectivity index (χ4n) is 1.58. The van der Waals surface area contributed by atoms with Gasteiger partial charge < -0.3 is 9.84 Å². The molecule has 0 aliphatic heterocycles. The summed E-state index contributed by atoms with van der Waals surface area (Å²) in [5.74, 6) is -8.38. The Morgan fingerprint density at radius 2 is 1.70 bits per heavy atom. The molecule has 0 amide bonds. The molecule has 1 unspecified atom stereocenters. The van der Waals surface area contributed by atoms with Gasteiger partial charge in [0.25, 0.3) is 0 Å². The van der Waals surface area contributed by atoms with Crippen LogP contribution in [0, 0.1) is 5.92 Å². The number of carboxylic acid groups (broad SMARTS) is 1. The summed E-state index contributed by atoms with van der Waals surface area (Å²) in [7, 11) is 0. The van der Waals surface area contributed by atoms with Gasteiger partial charge in [-0.2, -0.15) is 8.78 Å². The van der Waals surface area contributed by atoms with Crippen LogP contribution in [0.1, 0.15) is 31.1 Å². The summed E-state index contributed by atoms with van der Waals surface area (Å²) >= 11 is 0. The first-order chi connectivity index (χ1) is 9.13. The van der Waals surface area contributed by atoms with Gasteiger partial charge >= 0.3 is 17.9 Å². The van der Waals surface area contributed by atoms with E-state index in [1.54, 1.807) is 18.2 Å². The lowest BCUT2D eigenvalue weighted by Gasteiger charge is -2.37. The number of carbonyl (C=O) groups excluding carboxylic acids is 1. The van der Waals surface area contributed by atoms with E-state index < -0.39 is 29.4 Å². The number of hydrogen-bond acceptors (Lipinski definition) is 3. The fraction of sp³-hybridized carbons (Fsp3) is 0.429. The maximum absolute atomic E-state index is 13.8. The molecule has 0 saturated carbocycles. The van der Waals surface area contributed by atoms with Crippen LogP contribution >= 0.6 is 0 Å². The van der Waals surface area contributed by atoms with Crippen molar-refractivity contribution in [1.29, 1.82) is 0 Å². The van der Waals surface area contributed by atoms with E-state index in [1.165, 1.54) is 26.0 Å². The molecule has 6 heteroatoms. The molecule has 1 N–H and O–H groups in total. The summed E-state index contributed by atoms with van der Waals surface area (Å²) in [6.07, 6.45) is 0. The zero-order valence-corrected chi connectivity index (χ0v) is 11.4. The Kier molecular flexibility index (Phi) is 4.47. The van der Waals surface area contributed by atoms with Crippen LogP contribution in [0.5, 0.6) is 0 Å². The van der Waals surface area contributed by atoms with Gasteiger partial charge in [0, 0.05) is 0 Å². The van der Waals surface area contributed by atoms with Gasteiger partial charge in [-0.05, 0) is 25.0 Å². The second kappa shape index (κ2) is 5.56. The average molecular weight is 286 g/mol. The van der Waals surface area contributed by atoms with Crippen LogP contribution in [0.4, 0.5) is 8.78 Å². The van der Waals surface area contributed by atoms with Crippen LogP contribution in [-0.2, 0) is 9.53 Å². The molecule has 0 aliphatic rings. The van der Waals surface area contributed by atoms with Crippen molar-refractivity contribution >= 4 is 11.9 Å². The molecular weight excluding hydrogens is 270 g/mol. The van der Waals surface area contributed by atoms with Gasteiger partial charge in [0.05, 0.1) is 5.56 Å². The third kappa shape index (κ3) is 2.79. The molecule has 1 atom stereocenters. The SMILES string of the molecule is CC(C)C(C)(OC(=O)c1ccccc1)C(F)(F)C(=O)O. The Morgan fingerprint density at radius 3 is 2.10 bits per heavy atom. The normalized spacial score (nSPS) is 14.7. The second-order valence-electron chi connectivity index (χ2n) is 4.90. The Morgan fingerprint density at radius 1 is 1.20 bits per heavy atom. The number of carbonyl (C=O) groups is 2. The van der Waals surface area contributed by atoms with Crippen molar-refractivity contribution in [2.24, 2.45) is 5.92 Å². The third-order valence-electron chi connectivity index (χ3n) is 3.31. The number of hydrogen-bond donors (Lipinski definition) is 1. The summed E-state index contributed by atoms with van der Waals surface area (Å²) in [6, 6.07) is 7.57. The van der Waals surface area contributed by atoms with Crippen molar-refractivity contribution in [3.8, 4) is 0 Å². The lowest BCUT2D eigenvalue weighted by atomic mass is 9.85. The minimum Gasteiger partial charge on any atom is -0.477 e. The highest BCUT2D eigenvalue weighted by atomic mass is 19.3. The number of aliphatic carboxylic acids is 1. The van der Waals surface area contributed by atoms with E-state index in [9.17, 15) is 18.4 Å². The topological polar surface area (TPSA) is 63.6 Å². The summed E-state index contributed by atoms with van der Waals surface area (Å²) in [5, 5.41) is 8.67. The minimum absolute atomic E-state index is 0.0839. The quantitative estimate of drug-likeness (QED) is 0.845. The second-order valence-corrected chi connectivity index (χ2v) is 4.90. The van der Waals surface area contributed by atoms with Crippen LogP contribution in [0.3, 0.4) is 0 Å². The summed E-state index contributed by atoms with van der Waals surface area (Å²) in [6.45, 7) is 3.66. The van der Waals surface area contributed by atoms with Crippen molar-refractivity contribution in [2.75, 3.05) is 0 Å². The molecule has 0 radical (unpaired) electrons. The predicted octanol–water partition coefficient (Wildman–Crippen LogP) is 2.98. The zero-order chi connectivity index (χ0) is 15.6. The smallest absolute Gasteiger partial charge is 0.381 e. The molecule has 0 bridgehead atoms. The minimum atomic E-state index is -4.19. The maximum Gasteiger partial charge on any atom is 0.381 e. The first kappa shape index (κ1) is 16.1. The number of esters is 1. The van der Waals surface area contributed by atoms with Gasteiger partial charge in [0.15, 0.2) is 5.60 Å². The van der Waals surface area contributed by atoms with Gasteiger partial charge in [-0.25, -0.2) is 9.59 Å². The summed E-state index contributed by atoms with van der Waals surface area (Å²) < 4.78 is 32.5. The lowest BCUT2D eigenvalue weighted by molar-refractivity contribution is -0.214. The third-order valence-corrected chi connectivity index (χ3v) is 3.31. The van der Waals surface area contributed by atoms with Crippen LogP contribution < -0.4 is 0 Å². The van der Waals surface area contributed by atoms with Gasteiger partial charge in [-0.3, -0.25) is 0 Å². The van der Waals surface area contributed by atoms with Crippen LogP contribution in [0.25, 0.3) is 0 Å². The first-order valence-electron chi connectivity index (χ1n) is 6.02. The molecule has 0 spiro atoms. The van der Waals surface area contributed by atoms with Crippen LogP contribution in [-0.4, -0.2) is 28.6 Å². The molecule has 0 saturated heterocycles. The Balaban J connectivity index is 3.11. The average Bonchev–Trinajstić information content (AvgIpc) is 2.38. The van der Waals surface area contributed by atoms with E-state index in [-0.39, 0.29) is 5.56 Å². The van der Waals surface area contributed by atoms with Gasteiger partial charge in [0.2, 0.25) is 0 Å². The highest BCUT2D eigenvalue weighted by molar-refractivity contribution is 5.90. The first-order valence-corrected chi connectivity index (χ1v) is 6.02. The van der Waals surface area contributed by atoms with E-state index in [4.69, 9.17) is 9.84 Å². The molecule has 20 heavy (non-hydrogen) atoms. The van der Waals surface area contributed by atoms with Crippen molar-refractivity contribution < 1.29 is 28.2 Å². The van der Waals surface area contributed by atoms with Crippen molar-refractivity contribution in [1.82, 2.24) is 0 Å². The molecule has 0 fully saturated rings. The fourth-order valence-corrected chi connectivity index (χ4v) is 1.58. The molecule has 4 nitrogen and oxygen atoms in total. The van der Waals surface area contributed by atoms with Gasteiger partial charge in [0.1, 0.15) is 0 Å². The van der Waals surface area contributed by atoms with Crippen LogP contribution in [0.15, 0.2) is 30.3 Å². The van der Waals surface area contributed by atoms with E-state index in [0.29, 0.717) is 0 Å². The molecule has 1 aromatic carbocycles. The number of ether oxygens (including phenoxy) is 1. The predicted molar refractivity (Wildman–Crippen MR) is 67.7 cm³/mol. The highest BCUT2D eigenvalue weighted by Crippen LogP contribution is 2.39. The molecular formula is C14H16F2O4. The molecule has 0 aliphatic carbocycles. The molecule has 0 aromatic heterocycles. The van der Waals surface area contributed by atoms with Crippen LogP contribution in [0.2, 0.25) is 0 Å². The Bertz CT molecular complexity index is 499. The Hall–Kier alpha value is -1.98. The van der Waals surface area contributed by atoms with Crippen molar-refractivity contribution in [3.05, 3.63) is 35.9 Å². The van der Waals surface area contributed by atoms with E-state index in [2.05, 4.69) is 0 Å². The van der Waals surface area contributed by atoms with Gasteiger partial charge in [-0.15, -0.1) is 0 Å². The molecule has 1 aromatic rings. The zero-order valence-electron chi connectivity index (χ0n) is 11.4. The van der Waals surface area contributed by atoms with E-state index in [1.807, 2.05) is 0 Å². The highest BCUT2D eigenvalue weighted by Gasteiger charge is 2.61. The van der Waals surface area contributed by atoms with Gasteiger partial charge in [-0.1, -0.05) is 32.0 Å². The van der Waals surface area contributed by atoms with E-state index >= 15 is 0 Å². The molecule has 0 heterocycles. The molecule has 110 valence electrons. The Labute approximate surface area is 115 Å².